The predicted octanol–water partition coefficient (Wildman–Crippen LogP) is 2.29. The second kappa shape index (κ2) is 4.32. The van der Waals surface area contributed by atoms with Crippen molar-refractivity contribution in [3.05, 3.63) is 16.8 Å². The Balaban J connectivity index is 2.79. The maximum Gasteiger partial charge on any atom is 0.255 e. The highest BCUT2D eigenvalue weighted by molar-refractivity contribution is 7.89. The van der Waals surface area contributed by atoms with E-state index in [1.54, 1.807) is 4.40 Å². The van der Waals surface area contributed by atoms with Gasteiger partial charge in [-0.3, -0.25) is 4.40 Å². The maximum atomic E-state index is 11.7. The molecule has 100 valence electrons. The largest absolute Gasteiger partial charge is 0.279 e. The molecule has 0 unspecified atom stereocenters. The molecule has 2 aromatic heterocycles. The molecule has 0 aliphatic carbocycles. The quantitative estimate of drug-likeness (QED) is 0.940. The second-order valence-electron chi connectivity index (χ2n) is 4.94. The fourth-order valence-corrected chi connectivity index (χ4v) is 3.82. The number of aromatic nitrogens is 2. The van der Waals surface area contributed by atoms with E-state index in [0.717, 1.165) is 4.88 Å². The third-order valence-corrected chi connectivity index (χ3v) is 4.94. The average Bonchev–Trinajstić information content (AvgIpc) is 2.69. The maximum absolute atomic E-state index is 11.7. The molecule has 0 aromatic carbocycles. The standard InChI is InChI=1S/C11H17N3O2S2/c1-6(2)8-5-14-10(18(12,15)16)9(7(3)4)13-11(14)17-8/h5-7H,1-4H3,(H2,12,15,16). The van der Waals surface area contributed by atoms with Crippen LogP contribution in [0.4, 0.5) is 0 Å². The Morgan fingerprint density at radius 1 is 1.28 bits per heavy atom. The van der Waals surface area contributed by atoms with Crippen LogP contribution >= 0.6 is 11.3 Å². The number of fused-ring (bicyclic) bond motifs is 1. The molecule has 7 heteroatoms. The van der Waals surface area contributed by atoms with E-state index in [1.165, 1.54) is 11.3 Å². The lowest BCUT2D eigenvalue weighted by Gasteiger charge is -2.04. The number of thiazole rings is 1. The van der Waals surface area contributed by atoms with Crippen LogP contribution in [-0.4, -0.2) is 17.8 Å². The molecule has 0 bridgehead atoms. The summed E-state index contributed by atoms with van der Waals surface area (Å²) >= 11 is 1.51. The zero-order valence-electron chi connectivity index (χ0n) is 10.8. The number of rotatable bonds is 3. The summed E-state index contributed by atoms with van der Waals surface area (Å²) in [5.74, 6) is 0.362. The minimum absolute atomic E-state index is 0.0212. The topological polar surface area (TPSA) is 77.5 Å². The summed E-state index contributed by atoms with van der Waals surface area (Å²) < 4.78 is 25.1. The van der Waals surface area contributed by atoms with Gasteiger partial charge in [0, 0.05) is 11.1 Å². The summed E-state index contributed by atoms with van der Waals surface area (Å²) in [6, 6.07) is 0. The van der Waals surface area contributed by atoms with E-state index >= 15 is 0 Å². The number of nitrogens with zero attached hydrogens (tertiary/aromatic N) is 2. The van der Waals surface area contributed by atoms with Crippen molar-refractivity contribution in [3.8, 4) is 0 Å². The van der Waals surface area contributed by atoms with Crippen LogP contribution in [0.2, 0.25) is 0 Å². The Bertz CT molecular complexity index is 681. The molecule has 18 heavy (non-hydrogen) atoms. The van der Waals surface area contributed by atoms with Gasteiger partial charge in [-0.1, -0.05) is 27.7 Å². The number of imidazole rings is 1. The van der Waals surface area contributed by atoms with Crippen LogP contribution in [0.25, 0.3) is 4.96 Å². The van der Waals surface area contributed by atoms with Crippen LogP contribution in [0, 0.1) is 0 Å². The SMILES string of the molecule is CC(C)c1cn2c(S(N)(=O)=O)c(C(C)C)nc2s1. The normalized spacial score (nSPS) is 13.1. The molecule has 0 radical (unpaired) electrons. The molecule has 0 aliphatic rings. The van der Waals surface area contributed by atoms with Crippen LogP contribution in [0.3, 0.4) is 0 Å². The lowest BCUT2D eigenvalue weighted by molar-refractivity contribution is 0.589. The smallest absolute Gasteiger partial charge is 0.255 e. The van der Waals surface area contributed by atoms with Crippen molar-refractivity contribution in [1.29, 1.82) is 0 Å². The van der Waals surface area contributed by atoms with E-state index in [2.05, 4.69) is 18.8 Å². The first-order valence-electron chi connectivity index (χ1n) is 5.76. The van der Waals surface area contributed by atoms with Crippen molar-refractivity contribution in [3.63, 3.8) is 0 Å². The third kappa shape index (κ3) is 2.17. The summed E-state index contributed by atoms with van der Waals surface area (Å²) in [7, 11) is -3.77. The predicted molar refractivity (Wildman–Crippen MR) is 72.6 cm³/mol. The van der Waals surface area contributed by atoms with Crippen molar-refractivity contribution in [2.45, 2.75) is 44.6 Å². The molecule has 0 spiro atoms. The van der Waals surface area contributed by atoms with E-state index < -0.39 is 10.0 Å². The van der Waals surface area contributed by atoms with Crippen molar-refractivity contribution < 1.29 is 8.42 Å². The van der Waals surface area contributed by atoms with Gasteiger partial charge in [0.2, 0.25) is 0 Å². The number of sulfonamides is 1. The number of hydrogen-bond donors (Lipinski definition) is 1. The van der Waals surface area contributed by atoms with Crippen LogP contribution in [0.5, 0.6) is 0 Å². The van der Waals surface area contributed by atoms with Gasteiger partial charge >= 0.3 is 0 Å². The first-order chi connectivity index (χ1) is 8.21. The summed E-state index contributed by atoms with van der Waals surface area (Å²) in [6.07, 6.45) is 1.82. The van der Waals surface area contributed by atoms with Crippen LogP contribution < -0.4 is 5.14 Å². The molecule has 0 atom stereocenters. The zero-order valence-corrected chi connectivity index (χ0v) is 12.5. The van der Waals surface area contributed by atoms with Crippen LogP contribution in [0.1, 0.15) is 50.1 Å². The number of hydrogen-bond acceptors (Lipinski definition) is 4. The van der Waals surface area contributed by atoms with Gasteiger partial charge in [0.05, 0.1) is 5.69 Å². The van der Waals surface area contributed by atoms with E-state index in [-0.39, 0.29) is 10.9 Å². The Kier molecular flexibility index (Phi) is 3.25. The van der Waals surface area contributed by atoms with E-state index in [1.807, 2.05) is 20.0 Å². The molecule has 2 heterocycles. The molecule has 0 fully saturated rings. The molecule has 2 N–H and O–H groups in total. The lowest BCUT2D eigenvalue weighted by Crippen LogP contribution is -2.16. The highest BCUT2D eigenvalue weighted by atomic mass is 32.2. The van der Waals surface area contributed by atoms with Gasteiger partial charge in [-0.15, -0.1) is 11.3 Å². The van der Waals surface area contributed by atoms with Gasteiger partial charge in [0.1, 0.15) is 0 Å². The number of primary sulfonamides is 1. The average molecular weight is 287 g/mol. The van der Waals surface area contributed by atoms with E-state index in [0.29, 0.717) is 16.6 Å². The summed E-state index contributed by atoms with van der Waals surface area (Å²) in [5.41, 5.74) is 0.541. The van der Waals surface area contributed by atoms with Crippen molar-refractivity contribution in [2.75, 3.05) is 0 Å². The monoisotopic (exact) mass is 287 g/mol. The van der Waals surface area contributed by atoms with E-state index in [4.69, 9.17) is 5.14 Å². The van der Waals surface area contributed by atoms with Gasteiger partial charge in [0.15, 0.2) is 9.99 Å². The van der Waals surface area contributed by atoms with Gasteiger partial charge < -0.3 is 0 Å². The van der Waals surface area contributed by atoms with Gasteiger partial charge in [-0.25, -0.2) is 18.5 Å². The summed E-state index contributed by atoms with van der Waals surface area (Å²) in [6.45, 7) is 7.94. The fraction of sp³-hybridized carbons (Fsp3) is 0.545. The Morgan fingerprint density at radius 3 is 2.33 bits per heavy atom. The third-order valence-electron chi connectivity index (χ3n) is 2.71. The fourth-order valence-electron chi connectivity index (χ4n) is 1.79. The molecule has 0 aliphatic heterocycles. The summed E-state index contributed by atoms with van der Waals surface area (Å²) in [5, 5.41) is 5.43. The number of nitrogens with two attached hydrogens (primary N) is 1. The molecule has 5 nitrogen and oxygen atoms in total. The zero-order chi connectivity index (χ0) is 13.7. The van der Waals surface area contributed by atoms with E-state index in [9.17, 15) is 8.42 Å². The molecular weight excluding hydrogens is 270 g/mol. The highest BCUT2D eigenvalue weighted by Crippen LogP contribution is 2.31. The van der Waals surface area contributed by atoms with Crippen LogP contribution in [-0.2, 0) is 10.0 Å². The van der Waals surface area contributed by atoms with Crippen LogP contribution in [0.15, 0.2) is 11.2 Å². The second-order valence-corrected chi connectivity index (χ2v) is 7.46. The Labute approximate surface area is 111 Å². The van der Waals surface area contributed by atoms with Crippen molar-refractivity contribution in [1.82, 2.24) is 9.38 Å². The molecular formula is C11H17N3O2S2. The molecule has 0 amide bonds. The Hall–Kier alpha value is -0.920. The van der Waals surface area contributed by atoms with Crippen molar-refractivity contribution >= 4 is 26.3 Å². The molecule has 2 rings (SSSR count). The highest BCUT2D eigenvalue weighted by Gasteiger charge is 2.25. The summed E-state index contributed by atoms with van der Waals surface area (Å²) in [4.78, 5) is 6.19. The van der Waals surface area contributed by atoms with Gasteiger partial charge in [-0.05, 0) is 11.8 Å². The first kappa shape index (κ1) is 13.5. The molecule has 0 saturated heterocycles. The molecule has 0 saturated carbocycles. The molecule has 2 aromatic rings. The van der Waals surface area contributed by atoms with Gasteiger partial charge in [-0.2, -0.15) is 0 Å². The lowest BCUT2D eigenvalue weighted by atomic mass is 10.1. The van der Waals surface area contributed by atoms with Gasteiger partial charge in [0.25, 0.3) is 10.0 Å². The minimum Gasteiger partial charge on any atom is -0.279 e. The van der Waals surface area contributed by atoms with Crippen molar-refractivity contribution in [2.24, 2.45) is 5.14 Å². The first-order valence-corrected chi connectivity index (χ1v) is 8.12. The Morgan fingerprint density at radius 2 is 1.89 bits per heavy atom. The minimum atomic E-state index is -3.77.